The third-order valence-electron chi connectivity index (χ3n) is 4.82. The van der Waals surface area contributed by atoms with Crippen LogP contribution in [0.5, 0.6) is 0 Å². The van der Waals surface area contributed by atoms with E-state index in [2.05, 4.69) is 17.4 Å². The Hall–Kier alpha value is -3.31. The average Bonchev–Trinajstić information content (AvgIpc) is 3.15. The second kappa shape index (κ2) is 8.59. The number of amides is 1. The Morgan fingerprint density at radius 1 is 0.967 bits per heavy atom. The minimum Gasteiger partial charge on any atom is -0.326 e. The van der Waals surface area contributed by atoms with Gasteiger partial charge < -0.3 is 5.32 Å². The summed E-state index contributed by atoms with van der Waals surface area (Å²) in [5.41, 5.74) is 4.92. The molecule has 0 aliphatic heterocycles. The number of hydrogen-bond donors (Lipinski definition) is 1. The summed E-state index contributed by atoms with van der Waals surface area (Å²) in [6, 6.07) is 22.8. The number of rotatable bonds is 5. The molecule has 1 heterocycles. The van der Waals surface area contributed by atoms with E-state index in [1.165, 1.54) is 11.6 Å². The summed E-state index contributed by atoms with van der Waals surface area (Å²) in [6.07, 6.45) is 0.113. The van der Waals surface area contributed by atoms with Crippen molar-refractivity contribution in [1.29, 1.82) is 0 Å². The highest BCUT2D eigenvalue weighted by atomic mass is 32.1. The molecule has 1 aromatic heterocycles. The van der Waals surface area contributed by atoms with E-state index >= 15 is 0 Å². The summed E-state index contributed by atoms with van der Waals surface area (Å²) in [5, 5.41) is 3.65. The first kappa shape index (κ1) is 20.0. The SMILES string of the molecule is Cc1ccc(-c2sc(-c3ccccc3)nc2CC(=O)Nc2ccc(C)c(F)c2)cc1. The first-order valence-electron chi connectivity index (χ1n) is 9.68. The van der Waals surface area contributed by atoms with Crippen molar-refractivity contribution in [2.24, 2.45) is 0 Å². The van der Waals surface area contributed by atoms with Crippen LogP contribution in [0.4, 0.5) is 10.1 Å². The third kappa shape index (κ3) is 4.47. The largest absolute Gasteiger partial charge is 0.326 e. The molecule has 4 rings (SSSR count). The van der Waals surface area contributed by atoms with Gasteiger partial charge in [-0.3, -0.25) is 4.79 Å². The Morgan fingerprint density at radius 2 is 1.70 bits per heavy atom. The van der Waals surface area contributed by atoms with Gasteiger partial charge in [0.1, 0.15) is 10.8 Å². The highest BCUT2D eigenvalue weighted by Crippen LogP contribution is 2.36. The fraction of sp³-hybridized carbons (Fsp3) is 0.120. The minimum atomic E-state index is -0.340. The Labute approximate surface area is 179 Å². The maximum Gasteiger partial charge on any atom is 0.230 e. The van der Waals surface area contributed by atoms with Crippen molar-refractivity contribution >= 4 is 22.9 Å². The zero-order valence-corrected chi connectivity index (χ0v) is 17.6. The van der Waals surface area contributed by atoms with Gasteiger partial charge in [-0.2, -0.15) is 0 Å². The van der Waals surface area contributed by atoms with Crippen LogP contribution < -0.4 is 5.32 Å². The number of halogens is 1. The Balaban J connectivity index is 1.65. The molecule has 3 aromatic carbocycles. The maximum absolute atomic E-state index is 13.8. The normalized spacial score (nSPS) is 10.8. The Bertz CT molecular complexity index is 1180. The van der Waals surface area contributed by atoms with Crippen LogP contribution in [0.1, 0.15) is 16.8 Å². The highest BCUT2D eigenvalue weighted by molar-refractivity contribution is 7.18. The molecule has 0 saturated heterocycles. The first-order chi connectivity index (χ1) is 14.5. The summed E-state index contributed by atoms with van der Waals surface area (Å²) in [6.45, 7) is 3.73. The zero-order valence-electron chi connectivity index (χ0n) is 16.8. The lowest BCUT2D eigenvalue weighted by atomic mass is 10.1. The van der Waals surface area contributed by atoms with Crippen LogP contribution in [-0.2, 0) is 11.2 Å². The second-order valence-corrected chi connectivity index (χ2v) is 8.21. The van der Waals surface area contributed by atoms with E-state index in [0.717, 1.165) is 21.0 Å². The summed E-state index contributed by atoms with van der Waals surface area (Å²) >= 11 is 1.57. The topological polar surface area (TPSA) is 42.0 Å². The number of aryl methyl sites for hydroxylation is 2. The summed E-state index contributed by atoms with van der Waals surface area (Å²) in [4.78, 5) is 18.4. The van der Waals surface area contributed by atoms with E-state index in [9.17, 15) is 9.18 Å². The molecule has 0 saturated carbocycles. The fourth-order valence-corrected chi connectivity index (χ4v) is 4.23. The number of nitrogens with one attached hydrogen (secondary N) is 1. The van der Waals surface area contributed by atoms with E-state index in [1.807, 2.05) is 49.4 Å². The maximum atomic E-state index is 13.8. The highest BCUT2D eigenvalue weighted by Gasteiger charge is 2.17. The van der Waals surface area contributed by atoms with Crippen molar-refractivity contribution in [3.63, 3.8) is 0 Å². The summed E-state index contributed by atoms with van der Waals surface area (Å²) in [5.74, 6) is -0.565. The molecule has 1 amide bonds. The van der Waals surface area contributed by atoms with Gasteiger partial charge in [0, 0.05) is 11.3 Å². The molecule has 150 valence electrons. The third-order valence-corrected chi connectivity index (χ3v) is 6.01. The van der Waals surface area contributed by atoms with Crippen molar-refractivity contribution in [2.45, 2.75) is 20.3 Å². The van der Waals surface area contributed by atoms with E-state index in [-0.39, 0.29) is 18.1 Å². The van der Waals surface area contributed by atoms with Crippen LogP contribution in [0.3, 0.4) is 0 Å². The molecule has 0 fully saturated rings. The monoisotopic (exact) mass is 416 g/mol. The predicted octanol–water partition coefficient (Wildman–Crippen LogP) is 6.41. The van der Waals surface area contributed by atoms with Gasteiger partial charge in [-0.15, -0.1) is 11.3 Å². The number of carbonyl (C=O) groups excluding carboxylic acids is 1. The number of thiazole rings is 1. The van der Waals surface area contributed by atoms with Gasteiger partial charge in [0.05, 0.1) is 17.0 Å². The van der Waals surface area contributed by atoms with Gasteiger partial charge in [-0.1, -0.05) is 66.2 Å². The standard InChI is InChI=1S/C25H21FN2OS/c1-16-8-11-18(12-9-16)24-22(28-25(30-24)19-6-4-3-5-7-19)15-23(29)27-20-13-10-17(2)21(26)14-20/h3-14H,15H2,1-2H3,(H,27,29). The Morgan fingerprint density at radius 3 is 2.40 bits per heavy atom. The van der Waals surface area contributed by atoms with E-state index in [4.69, 9.17) is 4.98 Å². The van der Waals surface area contributed by atoms with Gasteiger partial charge in [-0.25, -0.2) is 9.37 Å². The molecule has 0 bridgehead atoms. The zero-order chi connectivity index (χ0) is 21.1. The quantitative estimate of drug-likeness (QED) is 0.408. The number of hydrogen-bond acceptors (Lipinski definition) is 3. The molecule has 5 heteroatoms. The van der Waals surface area contributed by atoms with E-state index < -0.39 is 0 Å². The summed E-state index contributed by atoms with van der Waals surface area (Å²) in [7, 11) is 0. The number of anilines is 1. The van der Waals surface area contributed by atoms with Gasteiger partial charge in [0.2, 0.25) is 5.91 Å². The van der Waals surface area contributed by atoms with Crippen LogP contribution in [0.2, 0.25) is 0 Å². The molecule has 0 radical (unpaired) electrons. The molecule has 30 heavy (non-hydrogen) atoms. The van der Waals surface area contributed by atoms with Gasteiger partial charge in [-0.05, 0) is 37.1 Å². The summed E-state index contributed by atoms with van der Waals surface area (Å²) < 4.78 is 13.8. The van der Waals surface area contributed by atoms with Crippen molar-refractivity contribution < 1.29 is 9.18 Å². The van der Waals surface area contributed by atoms with Gasteiger partial charge in [0.25, 0.3) is 0 Å². The number of aromatic nitrogens is 1. The second-order valence-electron chi connectivity index (χ2n) is 7.22. The predicted molar refractivity (Wildman–Crippen MR) is 121 cm³/mol. The molecule has 1 N–H and O–H groups in total. The van der Waals surface area contributed by atoms with Crippen LogP contribution in [0.15, 0.2) is 72.8 Å². The van der Waals surface area contributed by atoms with Crippen LogP contribution in [0, 0.1) is 19.7 Å². The van der Waals surface area contributed by atoms with Crippen molar-refractivity contribution in [1.82, 2.24) is 4.98 Å². The average molecular weight is 417 g/mol. The lowest BCUT2D eigenvalue weighted by molar-refractivity contribution is -0.115. The first-order valence-corrected chi connectivity index (χ1v) is 10.5. The van der Waals surface area contributed by atoms with Crippen LogP contribution in [-0.4, -0.2) is 10.9 Å². The lowest BCUT2D eigenvalue weighted by Gasteiger charge is -2.07. The van der Waals surface area contributed by atoms with E-state index in [0.29, 0.717) is 16.9 Å². The number of nitrogens with zero attached hydrogens (tertiary/aromatic N) is 1. The fourth-order valence-electron chi connectivity index (χ4n) is 3.13. The minimum absolute atomic E-state index is 0.113. The lowest BCUT2D eigenvalue weighted by Crippen LogP contribution is -2.15. The molecule has 0 spiro atoms. The smallest absolute Gasteiger partial charge is 0.230 e. The molecule has 0 aliphatic rings. The number of carbonyl (C=O) groups is 1. The van der Waals surface area contributed by atoms with Crippen molar-refractivity contribution in [3.8, 4) is 21.0 Å². The van der Waals surface area contributed by atoms with Gasteiger partial charge in [0.15, 0.2) is 0 Å². The van der Waals surface area contributed by atoms with Crippen molar-refractivity contribution in [2.75, 3.05) is 5.32 Å². The van der Waals surface area contributed by atoms with Crippen molar-refractivity contribution in [3.05, 3.63) is 95.4 Å². The Kier molecular flexibility index (Phi) is 5.72. The molecule has 0 aliphatic carbocycles. The molecule has 4 aromatic rings. The molecular formula is C25H21FN2OS. The van der Waals surface area contributed by atoms with Gasteiger partial charge >= 0.3 is 0 Å². The van der Waals surface area contributed by atoms with Crippen LogP contribution >= 0.6 is 11.3 Å². The van der Waals surface area contributed by atoms with E-state index in [1.54, 1.807) is 30.4 Å². The number of benzene rings is 3. The van der Waals surface area contributed by atoms with Crippen LogP contribution in [0.25, 0.3) is 21.0 Å². The molecule has 0 atom stereocenters. The molecular weight excluding hydrogens is 395 g/mol. The molecule has 3 nitrogen and oxygen atoms in total. The molecule has 0 unspecified atom stereocenters.